The zero-order valence-electron chi connectivity index (χ0n) is 10.0. The van der Waals surface area contributed by atoms with Gasteiger partial charge in [0.2, 0.25) is 11.8 Å². The van der Waals surface area contributed by atoms with Crippen LogP contribution in [0.25, 0.3) is 0 Å². The minimum atomic E-state index is 0.221. The Kier molecular flexibility index (Phi) is 4.78. The van der Waals surface area contributed by atoms with Crippen molar-refractivity contribution in [3.8, 4) is 5.88 Å². The maximum absolute atomic E-state index is 5.57. The molecular weight excluding hydrogens is 206 g/mol. The van der Waals surface area contributed by atoms with Crippen molar-refractivity contribution in [1.82, 2.24) is 14.9 Å². The van der Waals surface area contributed by atoms with Crippen LogP contribution in [0.15, 0.2) is 6.07 Å². The molecule has 0 aliphatic rings. The van der Waals surface area contributed by atoms with Gasteiger partial charge in [0.15, 0.2) is 0 Å². The van der Waals surface area contributed by atoms with Gasteiger partial charge in [0.05, 0.1) is 0 Å². The van der Waals surface area contributed by atoms with Crippen molar-refractivity contribution in [2.75, 3.05) is 44.8 Å². The summed E-state index contributed by atoms with van der Waals surface area (Å²) >= 11 is 0. The zero-order valence-corrected chi connectivity index (χ0v) is 10.0. The molecule has 0 amide bonds. The maximum Gasteiger partial charge on any atom is 0.225 e. The predicted octanol–water partition coefficient (Wildman–Crippen LogP) is 0.431. The number of rotatable bonds is 6. The van der Waals surface area contributed by atoms with Crippen LogP contribution in [0.5, 0.6) is 5.88 Å². The summed E-state index contributed by atoms with van der Waals surface area (Å²) in [5.41, 5.74) is 5.57. The molecule has 16 heavy (non-hydrogen) atoms. The van der Waals surface area contributed by atoms with E-state index >= 15 is 0 Å². The smallest absolute Gasteiger partial charge is 0.225 e. The number of nitrogens with two attached hydrogens (primary N) is 1. The summed E-state index contributed by atoms with van der Waals surface area (Å²) in [6.07, 6.45) is 0. The number of nitrogens with one attached hydrogen (secondary N) is 1. The third kappa shape index (κ3) is 4.31. The van der Waals surface area contributed by atoms with Gasteiger partial charge in [-0.05, 0) is 21.0 Å². The first-order valence-electron chi connectivity index (χ1n) is 5.27. The van der Waals surface area contributed by atoms with E-state index in [0.29, 0.717) is 18.3 Å². The van der Waals surface area contributed by atoms with E-state index in [2.05, 4.69) is 15.3 Å². The highest BCUT2D eigenvalue weighted by molar-refractivity contribution is 5.42. The number of hydrogen-bond donors (Lipinski definition) is 2. The molecule has 1 aromatic rings. The van der Waals surface area contributed by atoms with E-state index in [9.17, 15) is 0 Å². The van der Waals surface area contributed by atoms with E-state index < -0.39 is 0 Å². The fourth-order valence-corrected chi connectivity index (χ4v) is 1.12. The standard InChI is InChI=1S/C10H19N5O/c1-4-12-8-7-9(14-10(11)13-8)16-6-5-15(2)3/h7H,4-6H2,1-3H3,(H3,11,12,13,14). The topological polar surface area (TPSA) is 76.3 Å². The summed E-state index contributed by atoms with van der Waals surface area (Å²) < 4.78 is 5.47. The highest BCUT2D eigenvalue weighted by atomic mass is 16.5. The molecule has 1 rings (SSSR count). The lowest BCUT2D eigenvalue weighted by Crippen LogP contribution is -2.20. The number of hydrogen-bond acceptors (Lipinski definition) is 6. The lowest BCUT2D eigenvalue weighted by molar-refractivity contribution is 0.254. The summed E-state index contributed by atoms with van der Waals surface area (Å²) in [4.78, 5) is 10.1. The van der Waals surface area contributed by atoms with Crippen molar-refractivity contribution in [3.63, 3.8) is 0 Å². The van der Waals surface area contributed by atoms with E-state index in [1.54, 1.807) is 6.07 Å². The monoisotopic (exact) mass is 225 g/mol. The first-order chi connectivity index (χ1) is 7.61. The van der Waals surface area contributed by atoms with Gasteiger partial charge >= 0.3 is 0 Å². The van der Waals surface area contributed by atoms with Crippen LogP contribution in [-0.2, 0) is 0 Å². The molecule has 0 atom stereocenters. The minimum Gasteiger partial charge on any atom is -0.476 e. The molecule has 90 valence electrons. The number of aromatic nitrogens is 2. The van der Waals surface area contributed by atoms with Crippen LogP contribution in [0.1, 0.15) is 6.92 Å². The van der Waals surface area contributed by atoms with Crippen LogP contribution < -0.4 is 15.8 Å². The molecule has 0 aliphatic heterocycles. The van der Waals surface area contributed by atoms with Crippen molar-refractivity contribution in [2.45, 2.75) is 6.92 Å². The highest BCUT2D eigenvalue weighted by Crippen LogP contribution is 2.14. The number of likely N-dealkylation sites (N-methyl/N-ethyl adjacent to an activating group) is 1. The van der Waals surface area contributed by atoms with Crippen LogP contribution in [-0.4, -0.2) is 48.7 Å². The van der Waals surface area contributed by atoms with Crippen molar-refractivity contribution in [3.05, 3.63) is 6.07 Å². The van der Waals surface area contributed by atoms with Crippen molar-refractivity contribution in [1.29, 1.82) is 0 Å². The van der Waals surface area contributed by atoms with Gasteiger partial charge in [-0.1, -0.05) is 0 Å². The Morgan fingerprint density at radius 1 is 1.44 bits per heavy atom. The highest BCUT2D eigenvalue weighted by Gasteiger charge is 2.02. The summed E-state index contributed by atoms with van der Waals surface area (Å²) in [7, 11) is 3.98. The van der Waals surface area contributed by atoms with Crippen molar-refractivity contribution in [2.24, 2.45) is 0 Å². The summed E-state index contributed by atoms with van der Waals surface area (Å²) in [6.45, 7) is 4.19. The molecule has 0 unspecified atom stereocenters. The molecule has 0 radical (unpaired) electrons. The van der Waals surface area contributed by atoms with Gasteiger partial charge < -0.3 is 20.7 Å². The summed E-state index contributed by atoms with van der Waals surface area (Å²) in [5, 5.41) is 3.07. The van der Waals surface area contributed by atoms with E-state index in [4.69, 9.17) is 10.5 Å². The second-order valence-electron chi connectivity index (χ2n) is 3.63. The first kappa shape index (κ1) is 12.5. The van der Waals surface area contributed by atoms with Gasteiger partial charge in [0.25, 0.3) is 0 Å². The fourth-order valence-electron chi connectivity index (χ4n) is 1.12. The molecule has 0 bridgehead atoms. The zero-order chi connectivity index (χ0) is 12.0. The SMILES string of the molecule is CCNc1cc(OCCN(C)C)nc(N)n1. The van der Waals surface area contributed by atoms with Crippen LogP contribution in [0.2, 0.25) is 0 Å². The molecule has 0 saturated heterocycles. The Morgan fingerprint density at radius 3 is 2.81 bits per heavy atom. The van der Waals surface area contributed by atoms with Gasteiger partial charge in [-0.3, -0.25) is 0 Å². The molecule has 0 aliphatic carbocycles. The molecular formula is C10H19N5O. The minimum absolute atomic E-state index is 0.221. The maximum atomic E-state index is 5.57. The normalized spacial score (nSPS) is 10.5. The lowest BCUT2D eigenvalue weighted by atomic mass is 10.5. The van der Waals surface area contributed by atoms with E-state index in [-0.39, 0.29) is 5.95 Å². The van der Waals surface area contributed by atoms with Gasteiger partial charge in [0.1, 0.15) is 12.4 Å². The van der Waals surface area contributed by atoms with Crippen LogP contribution >= 0.6 is 0 Å². The third-order valence-corrected chi connectivity index (χ3v) is 1.87. The third-order valence-electron chi connectivity index (χ3n) is 1.87. The summed E-state index contributed by atoms with van der Waals surface area (Å²) in [5.74, 6) is 1.42. The molecule has 0 saturated carbocycles. The Hall–Kier alpha value is -1.56. The summed E-state index contributed by atoms with van der Waals surface area (Å²) in [6, 6.07) is 1.75. The van der Waals surface area contributed by atoms with Crippen molar-refractivity contribution < 1.29 is 4.74 Å². The molecule has 1 aromatic heterocycles. The Morgan fingerprint density at radius 2 is 2.19 bits per heavy atom. The van der Waals surface area contributed by atoms with Gasteiger partial charge in [-0.2, -0.15) is 9.97 Å². The number of ether oxygens (including phenoxy) is 1. The van der Waals surface area contributed by atoms with Crippen LogP contribution in [0.4, 0.5) is 11.8 Å². The van der Waals surface area contributed by atoms with Gasteiger partial charge in [-0.25, -0.2) is 0 Å². The molecule has 0 fully saturated rings. The molecule has 6 heteroatoms. The van der Waals surface area contributed by atoms with Crippen molar-refractivity contribution >= 4 is 11.8 Å². The molecule has 3 N–H and O–H groups in total. The van der Waals surface area contributed by atoms with Crippen LogP contribution in [0, 0.1) is 0 Å². The number of nitrogen functional groups attached to an aromatic ring is 1. The van der Waals surface area contributed by atoms with Crippen LogP contribution in [0.3, 0.4) is 0 Å². The fraction of sp³-hybridized carbons (Fsp3) is 0.600. The second-order valence-corrected chi connectivity index (χ2v) is 3.63. The molecule has 0 aromatic carbocycles. The largest absolute Gasteiger partial charge is 0.476 e. The lowest BCUT2D eigenvalue weighted by Gasteiger charge is -2.11. The quantitative estimate of drug-likeness (QED) is 0.731. The Balaban J connectivity index is 2.58. The second kappa shape index (κ2) is 6.12. The molecule has 6 nitrogen and oxygen atoms in total. The number of nitrogens with zero attached hydrogens (tertiary/aromatic N) is 3. The first-order valence-corrected chi connectivity index (χ1v) is 5.27. The molecule has 0 spiro atoms. The Bertz CT molecular complexity index is 329. The Labute approximate surface area is 95.8 Å². The van der Waals surface area contributed by atoms with Gasteiger partial charge in [0, 0.05) is 19.2 Å². The molecule has 1 heterocycles. The number of anilines is 2. The van der Waals surface area contributed by atoms with Gasteiger partial charge in [-0.15, -0.1) is 0 Å². The average Bonchev–Trinajstić information content (AvgIpc) is 2.16. The van der Waals surface area contributed by atoms with E-state index in [0.717, 1.165) is 13.1 Å². The predicted molar refractivity (Wildman–Crippen MR) is 64.7 cm³/mol. The average molecular weight is 225 g/mol. The van der Waals surface area contributed by atoms with E-state index in [1.165, 1.54) is 0 Å². The van der Waals surface area contributed by atoms with E-state index in [1.807, 2.05) is 25.9 Å².